The lowest BCUT2D eigenvalue weighted by Crippen LogP contribution is -2.46. The van der Waals surface area contributed by atoms with Crippen molar-refractivity contribution in [3.05, 3.63) is 35.6 Å². The van der Waals surface area contributed by atoms with Crippen LogP contribution in [0.3, 0.4) is 0 Å². The number of ether oxygens (including phenoxy) is 2. The summed E-state index contributed by atoms with van der Waals surface area (Å²) < 4.78 is 24.4. The fourth-order valence-electron chi connectivity index (χ4n) is 3.15. The van der Waals surface area contributed by atoms with E-state index in [1.54, 1.807) is 7.05 Å². The molecule has 1 fully saturated rings. The molecule has 0 bridgehead atoms. The van der Waals surface area contributed by atoms with Crippen molar-refractivity contribution in [2.24, 2.45) is 10.9 Å². The number of guanidine groups is 1. The van der Waals surface area contributed by atoms with Crippen molar-refractivity contribution in [1.82, 2.24) is 15.5 Å². The molecule has 6 nitrogen and oxygen atoms in total. The van der Waals surface area contributed by atoms with Gasteiger partial charge in [0.15, 0.2) is 5.96 Å². The van der Waals surface area contributed by atoms with Gasteiger partial charge in [0.2, 0.25) is 0 Å². The van der Waals surface area contributed by atoms with Gasteiger partial charge >= 0.3 is 0 Å². The molecule has 1 aliphatic heterocycles. The van der Waals surface area contributed by atoms with Gasteiger partial charge in [0.25, 0.3) is 0 Å². The predicted octanol–water partition coefficient (Wildman–Crippen LogP) is 2.43. The minimum atomic E-state index is -0.213. The van der Waals surface area contributed by atoms with Crippen molar-refractivity contribution in [3.63, 3.8) is 0 Å². The highest BCUT2D eigenvalue weighted by atomic mass is 19.1. The third kappa shape index (κ3) is 8.12. The minimum absolute atomic E-state index is 0.137. The van der Waals surface area contributed by atoms with Crippen LogP contribution in [0.15, 0.2) is 29.3 Å². The molecule has 1 aromatic carbocycles. The van der Waals surface area contributed by atoms with E-state index in [0.717, 1.165) is 64.0 Å². The van der Waals surface area contributed by atoms with Gasteiger partial charge in [-0.2, -0.15) is 0 Å². The summed E-state index contributed by atoms with van der Waals surface area (Å²) >= 11 is 0. The van der Waals surface area contributed by atoms with Crippen molar-refractivity contribution >= 4 is 5.96 Å². The molecule has 1 aromatic rings. The number of hydrogen-bond donors (Lipinski definition) is 2. The largest absolute Gasteiger partial charge is 0.381 e. The molecule has 7 heteroatoms. The first-order chi connectivity index (χ1) is 13.6. The Labute approximate surface area is 168 Å². The summed E-state index contributed by atoms with van der Waals surface area (Å²) in [5.41, 5.74) is 1.09. The van der Waals surface area contributed by atoms with E-state index in [0.29, 0.717) is 12.5 Å². The number of hydrogen-bond acceptors (Lipinski definition) is 4. The van der Waals surface area contributed by atoms with Gasteiger partial charge in [-0.1, -0.05) is 26.0 Å². The highest BCUT2D eigenvalue weighted by molar-refractivity contribution is 5.79. The maximum absolute atomic E-state index is 13.3. The lowest BCUT2D eigenvalue weighted by Gasteiger charge is -2.35. The van der Waals surface area contributed by atoms with Gasteiger partial charge in [-0.25, -0.2) is 4.39 Å². The Morgan fingerprint density at radius 2 is 1.93 bits per heavy atom. The average Bonchev–Trinajstić information content (AvgIpc) is 2.71. The van der Waals surface area contributed by atoms with E-state index in [4.69, 9.17) is 9.47 Å². The second-order valence-electron chi connectivity index (χ2n) is 7.42. The van der Waals surface area contributed by atoms with Gasteiger partial charge < -0.3 is 20.1 Å². The highest BCUT2D eigenvalue weighted by Gasteiger charge is 2.23. The standard InChI is InChI=1S/C21H35FN4O2/c1-17(2)16-28-12-4-9-24-21(23-3)25-15-20(26-10-13-27-14-11-26)18-5-7-19(22)8-6-18/h5-8,17,20H,4,9-16H2,1-3H3,(H2,23,24,25). The topological polar surface area (TPSA) is 58.1 Å². The van der Waals surface area contributed by atoms with Gasteiger partial charge in [-0.3, -0.25) is 9.89 Å². The number of rotatable bonds is 10. The minimum Gasteiger partial charge on any atom is -0.381 e. The molecule has 1 unspecified atom stereocenters. The van der Waals surface area contributed by atoms with Gasteiger partial charge in [0.1, 0.15) is 5.82 Å². The summed E-state index contributed by atoms with van der Waals surface area (Å²) in [5.74, 6) is 1.12. The summed E-state index contributed by atoms with van der Waals surface area (Å²) in [6.07, 6.45) is 0.929. The maximum Gasteiger partial charge on any atom is 0.191 e. The van der Waals surface area contributed by atoms with Gasteiger partial charge in [0.05, 0.1) is 19.3 Å². The van der Waals surface area contributed by atoms with Crippen LogP contribution in [0.4, 0.5) is 4.39 Å². The molecular formula is C21H35FN4O2. The van der Waals surface area contributed by atoms with Gasteiger partial charge in [-0.15, -0.1) is 0 Å². The van der Waals surface area contributed by atoms with E-state index >= 15 is 0 Å². The van der Waals surface area contributed by atoms with E-state index in [1.807, 2.05) is 12.1 Å². The molecule has 1 saturated heterocycles. The van der Waals surface area contributed by atoms with Crippen LogP contribution in [0.25, 0.3) is 0 Å². The summed E-state index contributed by atoms with van der Waals surface area (Å²) in [7, 11) is 1.77. The molecule has 0 spiro atoms. The zero-order valence-electron chi connectivity index (χ0n) is 17.4. The van der Waals surface area contributed by atoms with Crippen molar-refractivity contribution in [2.45, 2.75) is 26.3 Å². The molecule has 0 saturated carbocycles. The Hall–Kier alpha value is -1.70. The Balaban J connectivity index is 1.83. The lowest BCUT2D eigenvalue weighted by atomic mass is 10.0. The van der Waals surface area contributed by atoms with Crippen LogP contribution in [0.1, 0.15) is 31.9 Å². The third-order valence-corrected chi connectivity index (χ3v) is 4.64. The Morgan fingerprint density at radius 1 is 1.21 bits per heavy atom. The number of halogens is 1. The smallest absolute Gasteiger partial charge is 0.191 e. The van der Waals surface area contributed by atoms with Crippen LogP contribution in [0, 0.1) is 11.7 Å². The van der Waals surface area contributed by atoms with Crippen LogP contribution < -0.4 is 10.6 Å². The molecule has 0 aromatic heterocycles. The molecule has 1 heterocycles. The molecule has 2 N–H and O–H groups in total. The van der Waals surface area contributed by atoms with Crippen LogP contribution in [0.2, 0.25) is 0 Å². The molecule has 158 valence electrons. The second-order valence-corrected chi connectivity index (χ2v) is 7.42. The lowest BCUT2D eigenvalue weighted by molar-refractivity contribution is 0.0170. The van der Waals surface area contributed by atoms with E-state index in [1.165, 1.54) is 12.1 Å². The molecule has 28 heavy (non-hydrogen) atoms. The maximum atomic E-state index is 13.3. The average molecular weight is 395 g/mol. The number of benzene rings is 1. The third-order valence-electron chi connectivity index (χ3n) is 4.64. The summed E-state index contributed by atoms with van der Waals surface area (Å²) in [6, 6.07) is 6.90. The van der Waals surface area contributed by atoms with Crippen LogP contribution >= 0.6 is 0 Å². The van der Waals surface area contributed by atoms with Crippen LogP contribution in [-0.4, -0.2) is 70.5 Å². The SMILES string of the molecule is CN=C(NCCCOCC(C)C)NCC(c1ccc(F)cc1)N1CCOCC1. The van der Waals surface area contributed by atoms with E-state index in [9.17, 15) is 4.39 Å². The molecule has 0 amide bonds. The van der Waals surface area contributed by atoms with Gasteiger partial charge in [-0.05, 0) is 30.0 Å². The van der Waals surface area contributed by atoms with E-state index in [2.05, 4.69) is 34.4 Å². The monoisotopic (exact) mass is 394 g/mol. The first-order valence-electron chi connectivity index (χ1n) is 10.2. The van der Waals surface area contributed by atoms with Crippen molar-refractivity contribution in [2.75, 3.05) is 59.7 Å². The number of morpholine rings is 1. The summed E-state index contributed by atoms with van der Waals surface area (Å²) in [5, 5.41) is 6.74. The van der Waals surface area contributed by atoms with Crippen molar-refractivity contribution < 1.29 is 13.9 Å². The summed E-state index contributed by atoms with van der Waals surface area (Å²) in [4.78, 5) is 6.68. The number of nitrogens with one attached hydrogen (secondary N) is 2. The zero-order valence-corrected chi connectivity index (χ0v) is 17.4. The second kappa shape index (κ2) is 12.7. The first kappa shape index (κ1) is 22.6. The Morgan fingerprint density at radius 3 is 2.57 bits per heavy atom. The van der Waals surface area contributed by atoms with Gasteiger partial charge in [0, 0.05) is 46.4 Å². The molecule has 1 aliphatic rings. The predicted molar refractivity (Wildman–Crippen MR) is 111 cm³/mol. The van der Waals surface area contributed by atoms with E-state index in [-0.39, 0.29) is 11.9 Å². The Kier molecular flexibility index (Phi) is 10.2. The van der Waals surface area contributed by atoms with Crippen LogP contribution in [-0.2, 0) is 9.47 Å². The highest BCUT2D eigenvalue weighted by Crippen LogP contribution is 2.21. The molecule has 0 radical (unpaired) electrons. The number of aliphatic imine (C=N–C) groups is 1. The van der Waals surface area contributed by atoms with Crippen LogP contribution in [0.5, 0.6) is 0 Å². The van der Waals surface area contributed by atoms with Crippen molar-refractivity contribution in [1.29, 1.82) is 0 Å². The number of nitrogens with zero attached hydrogens (tertiary/aromatic N) is 2. The fourth-order valence-corrected chi connectivity index (χ4v) is 3.15. The molecule has 1 atom stereocenters. The molecule has 2 rings (SSSR count). The van der Waals surface area contributed by atoms with Crippen molar-refractivity contribution in [3.8, 4) is 0 Å². The normalized spacial score (nSPS) is 17.0. The van der Waals surface area contributed by atoms with E-state index < -0.39 is 0 Å². The quantitative estimate of drug-likeness (QED) is 0.363. The molecular weight excluding hydrogens is 359 g/mol. The molecule has 0 aliphatic carbocycles. The Bertz CT molecular complexity index is 574. The zero-order chi connectivity index (χ0) is 20.2. The first-order valence-corrected chi connectivity index (χ1v) is 10.2. The summed E-state index contributed by atoms with van der Waals surface area (Å²) in [6.45, 7) is 10.5. The fraction of sp³-hybridized carbons (Fsp3) is 0.667.